The highest BCUT2D eigenvalue weighted by Crippen LogP contribution is 2.33. The van der Waals surface area contributed by atoms with E-state index in [4.69, 9.17) is 4.52 Å². The van der Waals surface area contributed by atoms with Gasteiger partial charge in [0.2, 0.25) is 0 Å². The molecule has 0 atom stereocenters. The van der Waals surface area contributed by atoms with E-state index in [0.29, 0.717) is 0 Å². The van der Waals surface area contributed by atoms with Gasteiger partial charge in [0, 0.05) is 17.7 Å². The number of rotatable bonds is 1. The predicted octanol–water partition coefficient (Wildman–Crippen LogP) is 3.61. The molecule has 0 bridgehead atoms. The van der Waals surface area contributed by atoms with E-state index in [2.05, 4.69) is 35.3 Å². The fourth-order valence-corrected chi connectivity index (χ4v) is 2.41. The molecule has 86 valence electrons. The lowest BCUT2D eigenvalue weighted by Crippen LogP contribution is -1.89. The Labute approximate surface area is 100 Å². The molecule has 1 aromatic heterocycles. The van der Waals surface area contributed by atoms with Crippen LogP contribution < -0.4 is 0 Å². The molecule has 17 heavy (non-hydrogen) atoms. The Hall–Kier alpha value is -1.90. The second-order valence-electron chi connectivity index (χ2n) is 4.57. The Morgan fingerprint density at radius 1 is 1.18 bits per heavy atom. The molecule has 3 rings (SSSR count). The summed E-state index contributed by atoms with van der Waals surface area (Å²) in [7, 11) is 0. The fraction of sp³-hybridized carbons (Fsp3) is 0.286. The first kappa shape index (κ1) is 10.3. The maximum absolute atomic E-state index is 5.21. The molecule has 1 aromatic carbocycles. The molecule has 2 aromatic rings. The number of hydrogen-bond acceptors (Lipinski definition) is 3. The minimum atomic E-state index is 0.873. The van der Waals surface area contributed by atoms with E-state index in [0.717, 1.165) is 29.1 Å². The zero-order chi connectivity index (χ0) is 12.0. The molecule has 3 nitrogen and oxygen atoms in total. The molecule has 0 spiro atoms. The summed E-state index contributed by atoms with van der Waals surface area (Å²) in [6, 6.07) is 6.36. The summed E-state index contributed by atoms with van der Waals surface area (Å²) in [4.78, 5) is 4.50. The first-order valence-corrected chi connectivity index (χ1v) is 5.75. The van der Waals surface area contributed by atoms with Gasteiger partial charge in [0.1, 0.15) is 5.76 Å². The quantitative estimate of drug-likeness (QED) is 0.745. The van der Waals surface area contributed by atoms with Gasteiger partial charge in [-0.25, -0.2) is 0 Å². The van der Waals surface area contributed by atoms with Crippen LogP contribution >= 0.6 is 0 Å². The Bertz CT molecular complexity index is 604. The molecule has 3 heteroatoms. The van der Waals surface area contributed by atoms with Crippen LogP contribution in [0, 0.1) is 13.8 Å². The third-order valence-electron chi connectivity index (χ3n) is 3.16. The molecule has 0 aliphatic carbocycles. The van der Waals surface area contributed by atoms with Crippen molar-refractivity contribution in [1.29, 1.82) is 0 Å². The molecule has 0 radical (unpaired) electrons. The van der Waals surface area contributed by atoms with Crippen molar-refractivity contribution in [3.8, 4) is 11.1 Å². The van der Waals surface area contributed by atoms with Gasteiger partial charge < -0.3 is 4.52 Å². The molecule has 2 heterocycles. The zero-order valence-corrected chi connectivity index (χ0v) is 10.2. The number of fused-ring (bicyclic) bond motifs is 1. The number of aromatic nitrogens is 1. The average molecular weight is 226 g/mol. The summed E-state index contributed by atoms with van der Waals surface area (Å²) in [5.41, 5.74) is 6.79. The number of benzene rings is 1. The van der Waals surface area contributed by atoms with E-state index in [-0.39, 0.29) is 0 Å². The number of hydrogen-bond donors (Lipinski definition) is 0. The zero-order valence-electron chi connectivity index (χ0n) is 10.2. The van der Waals surface area contributed by atoms with Crippen molar-refractivity contribution in [2.24, 2.45) is 4.99 Å². The van der Waals surface area contributed by atoms with E-state index in [1.54, 1.807) is 0 Å². The van der Waals surface area contributed by atoms with Crippen molar-refractivity contribution in [3.63, 3.8) is 0 Å². The highest BCUT2D eigenvalue weighted by Gasteiger charge is 2.16. The SMILES string of the molecule is CC1=Nc2ccc(-c3c(C)noc3C)cc2C1. The summed E-state index contributed by atoms with van der Waals surface area (Å²) in [6.07, 6.45) is 0.951. The molecule has 0 amide bonds. The topological polar surface area (TPSA) is 38.4 Å². The van der Waals surface area contributed by atoms with Crippen LogP contribution in [0.5, 0.6) is 0 Å². The molecular formula is C14H14N2O. The normalized spacial score (nSPS) is 13.7. The number of nitrogens with zero attached hydrogens (tertiary/aromatic N) is 2. The van der Waals surface area contributed by atoms with Gasteiger partial charge in [-0.2, -0.15) is 0 Å². The largest absolute Gasteiger partial charge is 0.361 e. The summed E-state index contributed by atoms with van der Waals surface area (Å²) in [5, 5.41) is 4.00. The monoisotopic (exact) mass is 226 g/mol. The summed E-state index contributed by atoms with van der Waals surface area (Å²) >= 11 is 0. The van der Waals surface area contributed by atoms with E-state index in [9.17, 15) is 0 Å². The second kappa shape index (κ2) is 3.55. The van der Waals surface area contributed by atoms with Crippen LogP contribution in [-0.2, 0) is 6.42 Å². The van der Waals surface area contributed by atoms with Crippen molar-refractivity contribution < 1.29 is 4.52 Å². The van der Waals surface area contributed by atoms with Crippen LogP contribution in [0.2, 0.25) is 0 Å². The molecule has 0 fully saturated rings. The Morgan fingerprint density at radius 2 is 2.00 bits per heavy atom. The van der Waals surface area contributed by atoms with Gasteiger partial charge in [-0.05, 0) is 44.0 Å². The van der Waals surface area contributed by atoms with Crippen molar-refractivity contribution in [2.45, 2.75) is 27.2 Å². The first-order chi connectivity index (χ1) is 8.15. The van der Waals surface area contributed by atoms with Crippen LogP contribution in [0.25, 0.3) is 11.1 Å². The van der Waals surface area contributed by atoms with Crippen molar-refractivity contribution >= 4 is 11.4 Å². The molecule has 1 aliphatic heterocycles. The van der Waals surface area contributed by atoms with Gasteiger partial charge >= 0.3 is 0 Å². The third kappa shape index (κ3) is 1.58. The van der Waals surface area contributed by atoms with E-state index in [1.165, 1.54) is 16.8 Å². The maximum atomic E-state index is 5.21. The van der Waals surface area contributed by atoms with Crippen LogP contribution in [0.15, 0.2) is 27.7 Å². The molecule has 0 saturated carbocycles. The van der Waals surface area contributed by atoms with Crippen LogP contribution in [0.4, 0.5) is 5.69 Å². The van der Waals surface area contributed by atoms with Crippen LogP contribution in [0.3, 0.4) is 0 Å². The highest BCUT2D eigenvalue weighted by molar-refractivity contribution is 5.92. The fourth-order valence-electron chi connectivity index (χ4n) is 2.41. The van der Waals surface area contributed by atoms with Crippen LogP contribution in [-0.4, -0.2) is 10.9 Å². The van der Waals surface area contributed by atoms with Crippen molar-refractivity contribution in [2.75, 3.05) is 0 Å². The third-order valence-corrected chi connectivity index (χ3v) is 3.16. The van der Waals surface area contributed by atoms with Gasteiger partial charge in [0.15, 0.2) is 0 Å². The minimum absolute atomic E-state index is 0.873. The number of aryl methyl sites for hydroxylation is 2. The van der Waals surface area contributed by atoms with E-state index >= 15 is 0 Å². The molecule has 0 saturated heterocycles. The van der Waals surface area contributed by atoms with Crippen molar-refractivity contribution in [1.82, 2.24) is 5.16 Å². The second-order valence-corrected chi connectivity index (χ2v) is 4.57. The molecule has 1 aliphatic rings. The smallest absolute Gasteiger partial charge is 0.141 e. The standard InChI is InChI=1S/C14H14N2O/c1-8-6-12-7-11(4-5-13(12)15-8)14-9(2)16-17-10(14)3/h4-5,7H,6H2,1-3H3. The maximum Gasteiger partial charge on any atom is 0.141 e. The van der Waals surface area contributed by atoms with Gasteiger partial charge in [0.25, 0.3) is 0 Å². The first-order valence-electron chi connectivity index (χ1n) is 5.75. The predicted molar refractivity (Wildman–Crippen MR) is 67.9 cm³/mol. The Morgan fingerprint density at radius 3 is 2.71 bits per heavy atom. The molecular weight excluding hydrogens is 212 g/mol. The Balaban J connectivity index is 2.11. The van der Waals surface area contributed by atoms with E-state index < -0.39 is 0 Å². The van der Waals surface area contributed by atoms with Gasteiger partial charge in [-0.3, -0.25) is 4.99 Å². The molecule has 0 N–H and O–H groups in total. The summed E-state index contributed by atoms with van der Waals surface area (Å²) < 4.78 is 5.21. The highest BCUT2D eigenvalue weighted by atomic mass is 16.5. The lowest BCUT2D eigenvalue weighted by molar-refractivity contribution is 0.393. The van der Waals surface area contributed by atoms with Gasteiger partial charge in [-0.15, -0.1) is 0 Å². The summed E-state index contributed by atoms with van der Waals surface area (Å²) in [6.45, 7) is 5.99. The lowest BCUT2D eigenvalue weighted by Gasteiger charge is -2.03. The summed E-state index contributed by atoms with van der Waals surface area (Å²) in [5.74, 6) is 0.873. The minimum Gasteiger partial charge on any atom is -0.361 e. The Kier molecular flexibility index (Phi) is 2.15. The lowest BCUT2D eigenvalue weighted by atomic mass is 10.00. The van der Waals surface area contributed by atoms with Gasteiger partial charge in [-0.1, -0.05) is 11.2 Å². The average Bonchev–Trinajstić information content (AvgIpc) is 2.80. The van der Waals surface area contributed by atoms with Gasteiger partial charge in [0.05, 0.1) is 11.4 Å². The number of aliphatic imine (C=N–C) groups is 1. The molecule has 0 unspecified atom stereocenters. The van der Waals surface area contributed by atoms with Crippen molar-refractivity contribution in [3.05, 3.63) is 35.2 Å². The van der Waals surface area contributed by atoms with Crippen LogP contribution in [0.1, 0.15) is 23.9 Å². The van der Waals surface area contributed by atoms with E-state index in [1.807, 2.05) is 13.8 Å².